The third kappa shape index (κ3) is 4.20. The van der Waals surface area contributed by atoms with Gasteiger partial charge < -0.3 is 10.2 Å². The molecule has 0 spiro atoms. The van der Waals surface area contributed by atoms with Gasteiger partial charge in [0.15, 0.2) is 0 Å². The van der Waals surface area contributed by atoms with Crippen LogP contribution >= 0.6 is 11.3 Å². The summed E-state index contributed by atoms with van der Waals surface area (Å²) in [6.45, 7) is 4.87. The third-order valence-electron chi connectivity index (χ3n) is 5.31. The van der Waals surface area contributed by atoms with Crippen LogP contribution in [0.4, 0.5) is 0 Å². The van der Waals surface area contributed by atoms with Crippen molar-refractivity contribution in [3.63, 3.8) is 0 Å². The van der Waals surface area contributed by atoms with Gasteiger partial charge >= 0.3 is 0 Å². The number of aryl methyl sites for hydroxylation is 1. The number of carbonyl (C=O) groups is 1. The highest BCUT2D eigenvalue weighted by Crippen LogP contribution is 2.33. The summed E-state index contributed by atoms with van der Waals surface area (Å²) in [7, 11) is 2.18. The number of rotatable bonds is 4. The van der Waals surface area contributed by atoms with E-state index in [-0.39, 0.29) is 5.91 Å². The van der Waals surface area contributed by atoms with Crippen LogP contribution in [0.5, 0.6) is 0 Å². The second-order valence-corrected chi connectivity index (χ2v) is 8.54. The lowest BCUT2D eigenvalue weighted by Crippen LogP contribution is -2.29. The minimum atomic E-state index is -0.0354. The molecule has 1 aromatic heterocycles. The molecule has 1 aliphatic rings. The van der Waals surface area contributed by atoms with Crippen LogP contribution in [-0.4, -0.2) is 35.9 Å². The molecular weight excluding hydrogens is 354 g/mol. The molecule has 0 atom stereocenters. The van der Waals surface area contributed by atoms with Crippen molar-refractivity contribution in [2.24, 2.45) is 0 Å². The van der Waals surface area contributed by atoms with Crippen molar-refractivity contribution in [3.8, 4) is 0 Å². The van der Waals surface area contributed by atoms with E-state index in [0.717, 1.165) is 28.9 Å². The van der Waals surface area contributed by atoms with Gasteiger partial charge in [0.1, 0.15) is 0 Å². The van der Waals surface area contributed by atoms with E-state index in [1.54, 1.807) is 11.3 Å². The van der Waals surface area contributed by atoms with Crippen molar-refractivity contribution in [2.45, 2.75) is 32.2 Å². The molecule has 5 heteroatoms. The number of nitrogens with zero attached hydrogens (tertiary/aromatic N) is 2. The molecule has 4 nitrogen and oxygen atoms in total. The zero-order valence-electron chi connectivity index (χ0n) is 15.9. The van der Waals surface area contributed by atoms with Gasteiger partial charge in [-0.3, -0.25) is 4.79 Å². The van der Waals surface area contributed by atoms with Crippen LogP contribution in [0.15, 0.2) is 42.5 Å². The first kappa shape index (κ1) is 18.1. The third-order valence-corrected chi connectivity index (χ3v) is 6.49. The Morgan fingerprint density at radius 2 is 1.93 bits per heavy atom. The first-order valence-electron chi connectivity index (χ1n) is 9.51. The van der Waals surface area contributed by atoms with Crippen LogP contribution in [0.1, 0.15) is 45.3 Å². The van der Waals surface area contributed by atoms with Crippen molar-refractivity contribution in [1.82, 2.24) is 15.2 Å². The summed E-state index contributed by atoms with van der Waals surface area (Å²) in [6, 6.07) is 14.1. The Labute approximate surface area is 164 Å². The maximum absolute atomic E-state index is 12.5. The van der Waals surface area contributed by atoms with Crippen molar-refractivity contribution in [2.75, 3.05) is 20.1 Å². The Morgan fingerprint density at radius 3 is 2.67 bits per heavy atom. The summed E-state index contributed by atoms with van der Waals surface area (Å²) in [5, 5.41) is 4.23. The highest BCUT2D eigenvalue weighted by atomic mass is 32.1. The number of amides is 1. The number of hydrogen-bond acceptors (Lipinski definition) is 4. The lowest BCUT2D eigenvalue weighted by molar-refractivity contribution is 0.0951. The van der Waals surface area contributed by atoms with Gasteiger partial charge in [-0.05, 0) is 63.7 Å². The number of piperidine rings is 1. The quantitative estimate of drug-likeness (QED) is 0.733. The lowest BCUT2D eigenvalue weighted by atomic mass is 9.98. The van der Waals surface area contributed by atoms with E-state index in [1.807, 2.05) is 18.2 Å². The molecule has 0 saturated carbocycles. The number of nitrogens with one attached hydrogen (secondary N) is 1. The topological polar surface area (TPSA) is 45.2 Å². The fourth-order valence-electron chi connectivity index (χ4n) is 3.50. The zero-order valence-corrected chi connectivity index (χ0v) is 16.7. The summed E-state index contributed by atoms with van der Waals surface area (Å²) in [5.41, 5.74) is 4.04. The van der Waals surface area contributed by atoms with Crippen molar-refractivity contribution in [1.29, 1.82) is 0 Å². The molecule has 2 aromatic carbocycles. The van der Waals surface area contributed by atoms with Crippen LogP contribution < -0.4 is 5.32 Å². The van der Waals surface area contributed by atoms with Crippen molar-refractivity contribution >= 4 is 27.5 Å². The van der Waals surface area contributed by atoms with Crippen LogP contribution in [0.25, 0.3) is 10.2 Å². The Morgan fingerprint density at radius 1 is 1.19 bits per heavy atom. The maximum atomic E-state index is 12.5. The SMILES string of the molecule is Cc1ccc(CNC(=O)c2ccc3nc(C4CCN(C)CC4)sc3c2)cc1. The number of hydrogen-bond donors (Lipinski definition) is 1. The van der Waals surface area contributed by atoms with Crippen molar-refractivity contribution in [3.05, 3.63) is 64.2 Å². The number of fused-ring (bicyclic) bond motifs is 1. The number of carbonyl (C=O) groups excluding carboxylic acids is 1. The second kappa shape index (κ2) is 7.79. The van der Waals surface area contributed by atoms with Crippen molar-refractivity contribution < 1.29 is 4.79 Å². The number of thiazole rings is 1. The minimum Gasteiger partial charge on any atom is -0.348 e. The van der Waals surface area contributed by atoms with Gasteiger partial charge in [0.2, 0.25) is 0 Å². The van der Waals surface area contributed by atoms with Gasteiger partial charge in [0.05, 0.1) is 15.2 Å². The predicted molar refractivity (Wildman–Crippen MR) is 111 cm³/mol. The molecule has 0 radical (unpaired) electrons. The average Bonchev–Trinajstić information content (AvgIpc) is 3.11. The molecule has 2 heterocycles. The van der Waals surface area contributed by atoms with E-state index in [1.165, 1.54) is 23.4 Å². The van der Waals surface area contributed by atoms with Crippen LogP contribution in [0.3, 0.4) is 0 Å². The van der Waals surface area contributed by atoms with Gasteiger partial charge in [0, 0.05) is 18.0 Å². The summed E-state index contributed by atoms with van der Waals surface area (Å²) < 4.78 is 1.10. The van der Waals surface area contributed by atoms with Gasteiger partial charge in [-0.15, -0.1) is 11.3 Å². The molecule has 1 amide bonds. The Kier molecular flexibility index (Phi) is 5.23. The molecule has 0 unspecified atom stereocenters. The first-order chi connectivity index (χ1) is 13.1. The van der Waals surface area contributed by atoms with E-state index in [0.29, 0.717) is 18.0 Å². The summed E-state index contributed by atoms with van der Waals surface area (Å²) >= 11 is 1.74. The monoisotopic (exact) mass is 379 g/mol. The molecule has 140 valence electrons. The molecule has 1 saturated heterocycles. The fourth-order valence-corrected chi connectivity index (χ4v) is 4.68. The second-order valence-electron chi connectivity index (χ2n) is 7.48. The molecule has 27 heavy (non-hydrogen) atoms. The smallest absolute Gasteiger partial charge is 0.251 e. The van der Waals surface area contributed by atoms with E-state index in [9.17, 15) is 4.79 Å². The molecule has 0 bridgehead atoms. The summed E-state index contributed by atoms with van der Waals surface area (Å²) in [5.74, 6) is 0.518. The molecule has 1 N–H and O–H groups in total. The fraction of sp³-hybridized carbons (Fsp3) is 0.364. The number of benzene rings is 2. The minimum absolute atomic E-state index is 0.0354. The molecular formula is C22H25N3OS. The number of aromatic nitrogens is 1. The number of likely N-dealkylation sites (tertiary alicyclic amines) is 1. The lowest BCUT2D eigenvalue weighted by Gasteiger charge is -2.27. The Balaban J connectivity index is 1.46. The molecule has 3 aromatic rings. The van der Waals surface area contributed by atoms with E-state index in [4.69, 9.17) is 4.98 Å². The van der Waals surface area contributed by atoms with E-state index < -0.39 is 0 Å². The largest absolute Gasteiger partial charge is 0.348 e. The Hall–Kier alpha value is -2.24. The van der Waals surface area contributed by atoms with E-state index in [2.05, 4.69) is 48.5 Å². The average molecular weight is 380 g/mol. The summed E-state index contributed by atoms with van der Waals surface area (Å²) in [6.07, 6.45) is 2.33. The highest BCUT2D eigenvalue weighted by Gasteiger charge is 2.21. The van der Waals surface area contributed by atoms with Crippen LogP contribution in [0.2, 0.25) is 0 Å². The van der Waals surface area contributed by atoms with Crippen LogP contribution in [-0.2, 0) is 6.54 Å². The molecule has 1 aliphatic heterocycles. The van der Waals surface area contributed by atoms with Gasteiger partial charge in [-0.2, -0.15) is 0 Å². The first-order valence-corrected chi connectivity index (χ1v) is 10.3. The zero-order chi connectivity index (χ0) is 18.8. The van der Waals surface area contributed by atoms with Gasteiger partial charge in [-0.25, -0.2) is 4.98 Å². The normalized spacial score (nSPS) is 15.9. The van der Waals surface area contributed by atoms with Gasteiger partial charge in [-0.1, -0.05) is 29.8 Å². The highest BCUT2D eigenvalue weighted by molar-refractivity contribution is 7.18. The van der Waals surface area contributed by atoms with E-state index >= 15 is 0 Å². The van der Waals surface area contributed by atoms with Gasteiger partial charge in [0.25, 0.3) is 5.91 Å². The molecule has 4 rings (SSSR count). The molecule has 0 aliphatic carbocycles. The Bertz CT molecular complexity index is 940. The maximum Gasteiger partial charge on any atom is 0.251 e. The summed E-state index contributed by atoms with van der Waals surface area (Å²) in [4.78, 5) is 19.7. The predicted octanol–water partition coefficient (Wildman–Crippen LogP) is 4.34. The standard InChI is InChI=1S/C22H25N3OS/c1-15-3-5-16(6-4-15)14-23-21(26)18-7-8-19-20(13-18)27-22(24-19)17-9-11-25(2)12-10-17/h3-8,13,17H,9-12,14H2,1-2H3,(H,23,26). The molecule has 1 fully saturated rings. The van der Waals surface area contributed by atoms with Crippen LogP contribution in [0, 0.1) is 6.92 Å².